The summed E-state index contributed by atoms with van der Waals surface area (Å²) in [6.07, 6.45) is 0. The fraction of sp³-hybridized carbons (Fsp3) is 0.217. The molecule has 0 fully saturated rings. The summed E-state index contributed by atoms with van der Waals surface area (Å²) >= 11 is 0. The molecule has 1 aromatic heterocycles. The largest absolute Gasteiger partial charge is 0.340 e. The minimum absolute atomic E-state index is 0.0784. The molecule has 6 nitrogen and oxygen atoms in total. The van der Waals surface area contributed by atoms with Gasteiger partial charge in [-0.15, -0.1) is 0 Å². The molecule has 3 rings (SSSR count). The van der Waals surface area contributed by atoms with Crippen molar-refractivity contribution >= 4 is 23.1 Å². The first-order chi connectivity index (χ1) is 13.8. The van der Waals surface area contributed by atoms with Crippen LogP contribution < -0.4 is 10.6 Å². The number of nitrogens with zero attached hydrogens (tertiary/aromatic N) is 3. The van der Waals surface area contributed by atoms with Crippen molar-refractivity contribution in [2.75, 3.05) is 10.6 Å². The third kappa shape index (κ3) is 4.96. The minimum atomic E-state index is -0.399. The quantitative estimate of drug-likeness (QED) is 0.663. The first-order valence-corrected chi connectivity index (χ1v) is 9.30. The van der Waals surface area contributed by atoms with Crippen LogP contribution in [0.25, 0.3) is 0 Å². The Morgan fingerprint density at radius 1 is 1.03 bits per heavy atom. The Labute approximate surface area is 170 Å². The number of amides is 1. The molecule has 0 saturated heterocycles. The van der Waals surface area contributed by atoms with E-state index in [-0.39, 0.29) is 11.1 Å². The lowest BCUT2D eigenvalue weighted by molar-refractivity contribution is 0.102. The highest BCUT2D eigenvalue weighted by molar-refractivity contribution is 6.04. The second-order valence-corrected chi connectivity index (χ2v) is 7.75. The third-order valence-corrected chi connectivity index (χ3v) is 4.39. The predicted molar refractivity (Wildman–Crippen MR) is 114 cm³/mol. The molecule has 0 unspecified atom stereocenters. The Morgan fingerprint density at radius 3 is 2.38 bits per heavy atom. The fourth-order valence-corrected chi connectivity index (χ4v) is 2.83. The van der Waals surface area contributed by atoms with Crippen molar-refractivity contribution in [2.45, 2.75) is 33.1 Å². The topological polar surface area (TPSA) is 90.7 Å². The Kier molecular flexibility index (Phi) is 5.60. The van der Waals surface area contributed by atoms with Crippen LogP contribution >= 0.6 is 0 Å². The lowest BCUT2D eigenvalue weighted by atomic mass is 9.87. The van der Waals surface area contributed by atoms with E-state index in [1.165, 1.54) is 5.56 Å². The summed E-state index contributed by atoms with van der Waals surface area (Å²) in [4.78, 5) is 21.3. The van der Waals surface area contributed by atoms with Crippen LogP contribution in [-0.4, -0.2) is 15.9 Å². The molecule has 1 heterocycles. The van der Waals surface area contributed by atoms with E-state index in [1.807, 2.05) is 12.1 Å². The highest BCUT2D eigenvalue weighted by Crippen LogP contribution is 2.25. The van der Waals surface area contributed by atoms with Crippen LogP contribution in [0, 0.1) is 18.3 Å². The van der Waals surface area contributed by atoms with Gasteiger partial charge in [0, 0.05) is 11.8 Å². The first kappa shape index (κ1) is 20.0. The predicted octanol–water partition coefficient (Wildman–Crippen LogP) is 4.95. The van der Waals surface area contributed by atoms with Gasteiger partial charge in [0.15, 0.2) is 0 Å². The summed E-state index contributed by atoms with van der Waals surface area (Å²) in [5.74, 6) is 0.601. The third-order valence-electron chi connectivity index (χ3n) is 4.39. The van der Waals surface area contributed by atoms with Crippen molar-refractivity contribution in [2.24, 2.45) is 0 Å². The summed E-state index contributed by atoms with van der Waals surface area (Å²) in [6, 6.07) is 18.6. The van der Waals surface area contributed by atoms with E-state index in [0.29, 0.717) is 22.9 Å². The van der Waals surface area contributed by atoms with Crippen LogP contribution in [0.5, 0.6) is 0 Å². The van der Waals surface area contributed by atoms with Crippen LogP contribution in [0.3, 0.4) is 0 Å². The van der Waals surface area contributed by atoms with Crippen LogP contribution in [-0.2, 0) is 5.41 Å². The SMILES string of the molecule is Cc1nc(Nc2ccc(C(C)(C)C)cc2)cc(C(=O)Nc2ccccc2C#N)n1. The van der Waals surface area contributed by atoms with Gasteiger partial charge in [0.05, 0.1) is 11.3 Å². The van der Waals surface area contributed by atoms with Crippen LogP contribution in [0.1, 0.15) is 48.2 Å². The van der Waals surface area contributed by atoms with Crippen molar-refractivity contribution < 1.29 is 4.79 Å². The second kappa shape index (κ2) is 8.11. The number of carbonyl (C=O) groups is 1. The number of aromatic nitrogens is 2. The van der Waals surface area contributed by atoms with Gasteiger partial charge in [0.25, 0.3) is 5.91 Å². The van der Waals surface area contributed by atoms with Crippen molar-refractivity contribution in [1.82, 2.24) is 9.97 Å². The molecule has 0 atom stereocenters. The molecule has 0 spiro atoms. The number of hydrogen-bond donors (Lipinski definition) is 2. The molecule has 0 aliphatic heterocycles. The Bertz CT molecular complexity index is 1080. The highest BCUT2D eigenvalue weighted by Gasteiger charge is 2.14. The minimum Gasteiger partial charge on any atom is -0.340 e. The molecule has 0 bridgehead atoms. The molecule has 29 heavy (non-hydrogen) atoms. The highest BCUT2D eigenvalue weighted by atomic mass is 16.1. The van der Waals surface area contributed by atoms with E-state index in [4.69, 9.17) is 0 Å². The van der Waals surface area contributed by atoms with Crippen LogP contribution in [0.15, 0.2) is 54.6 Å². The smallest absolute Gasteiger partial charge is 0.274 e. The zero-order valence-corrected chi connectivity index (χ0v) is 16.9. The van der Waals surface area contributed by atoms with Crippen molar-refractivity contribution in [3.05, 3.63) is 77.2 Å². The monoisotopic (exact) mass is 385 g/mol. The Morgan fingerprint density at radius 2 is 1.72 bits per heavy atom. The Balaban J connectivity index is 1.81. The Hall–Kier alpha value is -3.72. The van der Waals surface area contributed by atoms with Gasteiger partial charge in [-0.25, -0.2) is 9.97 Å². The maximum atomic E-state index is 12.7. The van der Waals surface area contributed by atoms with E-state index in [0.717, 1.165) is 5.69 Å². The van der Waals surface area contributed by atoms with Gasteiger partial charge < -0.3 is 10.6 Å². The molecule has 0 aliphatic rings. The van der Waals surface area contributed by atoms with Crippen LogP contribution in [0.2, 0.25) is 0 Å². The summed E-state index contributed by atoms with van der Waals surface area (Å²) in [5, 5.41) is 15.1. The van der Waals surface area contributed by atoms with Gasteiger partial charge in [0.2, 0.25) is 0 Å². The molecular formula is C23H23N5O. The average Bonchev–Trinajstić information content (AvgIpc) is 2.67. The molecule has 1 amide bonds. The van der Waals surface area contributed by atoms with Crippen molar-refractivity contribution in [3.8, 4) is 6.07 Å². The molecule has 0 aliphatic carbocycles. The molecule has 2 aromatic carbocycles. The van der Waals surface area contributed by atoms with Gasteiger partial charge in [0.1, 0.15) is 23.4 Å². The summed E-state index contributed by atoms with van der Waals surface area (Å²) in [5.41, 5.74) is 3.25. The van der Waals surface area contributed by atoms with Gasteiger partial charge in [-0.05, 0) is 42.2 Å². The van der Waals surface area contributed by atoms with E-state index < -0.39 is 5.91 Å². The van der Waals surface area contributed by atoms with Gasteiger partial charge in [-0.3, -0.25) is 4.79 Å². The molecule has 146 valence electrons. The van der Waals surface area contributed by atoms with Gasteiger partial charge in [-0.1, -0.05) is 45.0 Å². The van der Waals surface area contributed by atoms with E-state index in [2.05, 4.69) is 59.6 Å². The van der Waals surface area contributed by atoms with E-state index in [1.54, 1.807) is 37.3 Å². The average molecular weight is 385 g/mol. The van der Waals surface area contributed by atoms with E-state index >= 15 is 0 Å². The number of anilines is 3. The zero-order valence-electron chi connectivity index (χ0n) is 16.9. The lowest BCUT2D eigenvalue weighted by Crippen LogP contribution is -2.16. The van der Waals surface area contributed by atoms with Gasteiger partial charge >= 0.3 is 0 Å². The van der Waals surface area contributed by atoms with Crippen molar-refractivity contribution in [1.29, 1.82) is 5.26 Å². The number of hydrogen-bond acceptors (Lipinski definition) is 5. The van der Waals surface area contributed by atoms with Crippen LogP contribution in [0.4, 0.5) is 17.2 Å². The molecule has 0 radical (unpaired) electrons. The lowest BCUT2D eigenvalue weighted by Gasteiger charge is -2.19. The number of aryl methyl sites for hydroxylation is 1. The number of para-hydroxylation sites is 1. The normalized spacial score (nSPS) is 10.9. The van der Waals surface area contributed by atoms with Crippen molar-refractivity contribution in [3.63, 3.8) is 0 Å². The summed E-state index contributed by atoms with van der Waals surface area (Å²) in [6.45, 7) is 8.23. The molecule has 3 aromatic rings. The fourth-order valence-electron chi connectivity index (χ4n) is 2.83. The number of nitriles is 1. The van der Waals surface area contributed by atoms with E-state index in [9.17, 15) is 10.1 Å². The molecule has 6 heteroatoms. The number of rotatable bonds is 4. The summed E-state index contributed by atoms with van der Waals surface area (Å²) < 4.78 is 0. The standard InChI is InChI=1S/C23H23N5O/c1-15-25-20(22(29)28-19-8-6-5-7-16(19)14-24)13-21(26-15)27-18-11-9-17(10-12-18)23(2,3)4/h5-13H,1-4H3,(H,28,29)(H,25,26,27). The molecular weight excluding hydrogens is 362 g/mol. The van der Waals surface area contributed by atoms with Gasteiger partial charge in [-0.2, -0.15) is 5.26 Å². The second-order valence-electron chi connectivity index (χ2n) is 7.75. The maximum absolute atomic E-state index is 12.7. The maximum Gasteiger partial charge on any atom is 0.274 e. The number of carbonyl (C=O) groups excluding carboxylic acids is 1. The first-order valence-electron chi connectivity index (χ1n) is 9.30. The summed E-state index contributed by atoms with van der Waals surface area (Å²) in [7, 11) is 0. The zero-order chi connectivity index (χ0) is 21.0. The molecule has 0 saturated carbocycles. The number of nitrogens with one attached hydrogen (secondary N) is 2. The number of benzene rings is 2. The molecule has 2 N–H and O–H groups in total.